The van der Waals surface area contributed by atoms with E-state index in [0.29, 0.717) is 12.0 Å². The minimum Gasteiger partial charge on any atom is -0.508 e. The third-order valence-corrected chi connectivity index (χ3v) is 3.36. The van der Waals surface area contributed by atoms with Gasteiger partial charge >= 0.3 is 0 Å². The molecule has 6 nitrogen and oxygen atoms in total. The molecule has 0 saturated carbocycles. The van der Waals surface area contributed by atoms with Crippen LogP contribution in [0.25, 0.3) is 0 Å². The summed E-state index contributed by atoms with van der Waals surface area (Å²) in [5.74, 6) is -0.605. The predicted molar refractivity (Wildman–Crippen MR) is 94.2 cm³/mol. The fourth-order valence-electron chi connectivity index (χ4n) is 1.92. The number of rotatable bonds is 4. The van der Waals surface area contributed by atoms with Crippen LogP contribution >= 0.6 is 12.2 Å². The number of nitrogens with one attached hydrogen (secondary N) is 3. The van der Waals surface area contributed by atoms with E-state index in [2.05, 4.69) is 16.2 Å². The van der Waals surface area contributed by atoms with Crippen LogP contribution in [-0.2, 0) is 11.2 Å². The summed E-state index contributed by atoms with van der Waals surface area (Å²) >= 11 is 4.95. The summed E-state index contributed by atoms with van der Waals surface area (Å²) in [6.45, 7) is 0. The third-order valence-electron chi connectivity index (χ3n) is 3.16. The molecule has 0 saturated heterocycles. The maximum Gasteiger partial charge on any atom is 0.269 e. The molecule has 0 radical (unpaired) electrons. The van der Waals surface area contributed by atoms with Crippen LogP contribution in [0.2, 0.25) is 0 Å². The van der Waals surface area contributed by atoms with Gasteiger partial charge in [-0.1, -0.05) is 30.3 Å². The first-order chi connectivity index (χ1) is 11.5. The van der Waals surface area contributed by atoms with Crippen LogP contribution < -0.4 is 16.2 Å². The maximum absolute atomic E-state index is 11.8. The molecule has 0 aromatic heterocycles. The predicted octanol–water partition coefficient (Wildman–Crippen LogP) is 1.66. The zero-order valence-corrected chi connectivity index (χ0v) is 13.6. The average molecular weight is 343 g/mol. The van der Waals surface area contributed by atoms with E-state index >= 15 is 0 Å². The van der Waals surface area contributed by atoms with Crippen molar-refractivity contribution in [3.05, 3.63) is 65.7 Å². The summed E-state index contributed by atoms with van der Waals surface area (Å²) in [6, 6.07) is 15.4. The summed E-state index contributed by atoms with van der Waals surface area (Å²) in [7, 11) is 0. The highest BCUT2D eigenvalue weighted by Crippen LogP contribution is 2.09. The number of phenols is 1. The molecule has 24 heavy (non-hydrogen) atoms. The molecule has 7 heteroatoms. The first-order valence-corrected chi connectivity index (χ1v) is 7.68. The Kier molecular flexibility index (Phi) is 6.27. The first kappa shape index (κ1) is 17.4. The van der Waals surface area contributed by atoms with Gasteiger partial charge in [-0.05, 0) is 48.5 Å². The lowest BCUT2D eigenvalue weighted by atomic mass is 10.1. The molecule has 0 aliphatic carbocycles. The second kappa shape index (κ2) is 8.64. The zero-order chi connectivity index (χ0) is 17.4. The number of aryl methyl sites for hydroxylation is 1. The monoisotopic (exact) mass is 343 g/mol. The lowest BCUT2D eigenvalue weighted by Crippen LogP contribution is -2.48. The van der Waals surface area contributed by atoms with Crippen LogP contribution in [0.1, 0.15) is 22.3 Å². The smallest absolute Gasteiger partial charge is 0.269 e. The Hall–Kier alpha value is -2.93. The molecule has 2 amide bonds. The highest BCUT2D eigenvalue weighted by atomic mass is 32.1. The lowest BCUT2D eigenvalue weighted by Gasteiger charge is -2.11. The van der Waals surface area contributed by atoms with Crippen LogP contribution in [0, 0.1) is 0 Å². The third kappa shape index (κ3) is 5.69. The van der Waals surface area contributed by atoms with Gasteiger partial charge in [-0.3, -0.25) is 20.4 Å². The number of aromatic hydroxyl groups is 1. The van der Waals surface area contributed by atoms with E-state index < -0.39 is 5.91 Å². The number of amides is 2. The molecule has 0 unspecified atom stereocenters. The normalized spacial score (nSPS) is 9.83. The number of carbonyl (C=O) groups excluding carboxylic acids is 2. The summed E-state index contributed by atoms with van der Waals surface area (Å²) in [5.41, 5.74) is 6.24. The standard InChI is InChI=1S/C17H17N3O3S/c21-14-9-7-13(8-10-14)16(23)19-20-17(24)18-15(22)11-6-12-4-2-1-3-5-12/h1-5,7-10,21H,6,11H2,(H,19,23)(H2,18,20,22,24). The second-order valence-electron chi connectivity index (χ2n) is 4.99. The van der Waals surface area contributed by atoms with E-state index in [1.54, 1.807) is 0 Å². The van der Waals surface area contributed by atoms with Gasteiger partial charge in [0, 0.05) is 12.0 Å². The molecule has 2 rings (SSSR count). The number of hydrogen-bond acceptors (Lipinski definition) is 4. The Balaban J connectivity index is 1.71. The number of hydrogen-bond donors (Lipinski definition) is 4. The molecular formula is C17H17N3O3S. The van der Waals surface area contributed by atoms with Gasteiger partial charge in [-0.25, -0.2) is 0 Å². The van der Waals surface area contributed by atoms with Crippen LogP contribution in [0.5, 0.6) is 5.75 Å². The number of benzene rings is 2. The summed E-state index contributed by atoms with van der Waals surface area (Å²) in [5, 5.41) is 11.7. The van der Waals surface area contributed by atoms with Gasteiger partial charge < -0.3 is 10.4 Å². The van der Waals surface area contributed by atoms with Crippen LogP contribution in [0.3, 0.4) is 0 Å². The summed E-state index contributed by atoms with van der Waals surface area (Å²) in [4.78, 5) is 23.6. The average Bonchev–Trinajstić information content (AvgIpc) is 2.59. The molecule has 0 bridgehead atoms. The van der Waals surface area contributed by atoms with E-state index in [4.69, 9.17) is 12.2 Å². The molecule has 0 spiro atoms. The van der Waals surface area contributed by atoms with Gasteiger partial charge in [-0.15, -0.1) is 0 Å². The Labute approximate surface area is 144 Å². The maximum atomic E-state index is 11.8. The van der Waals surface area contributed by atoms with Crippen LogP contribution in [0.4, 0.5) is 0 Å². The molecule has 0 atom stereocenters. The van der Waals surface area contributed by atoms with Gasteiger partial charge in [0.1, 0.15) is 5.75 Å². The van der Waals surface area contributed by atoms with Crippen molar-refractivity contribution in [2.45, 2.75) is 12.8 Å². The zero-order valence-electron chi connectivity index (χ0n) is 12.8. The van der Waals surface area contributed by atoms with Crippen LogP contribution in [-0.4, -0.2) is 22.0 Å². The van der Waals surface area contributed by atoms with Crippen molar-refractivity contribution < 1.29 is 14.7 Å². The number of phenolic OH excluding ortho intramolecular Hbond substituents is 1. The summed E-state index contributed by atoms with van der Waals surface area (Å²) < 4.78 is 0. The number of carbonyl (C=O) groups is 2. The highest BCUT2D eigenvalue weighted by Gasteiger charge is 2.08. The van der Waals surface area contributed by atoms with Crippen molar-refractivity contribution in [1.29, 1.82) is 0 Å². The molecule has 0 aliphatic rings. The SMILES string of the molecule is O=C(CCc1ccccc1)NC(=S)NNC(=O)c1ccc(O)cc1. The van der Waals surface area contributed by atoms with E-state index in [0.717, 1.165) is 5.56 Å². The molecule has 124 valence electrons. The topological polar surface area (TPSA) is 90.5 Å². The minimum absolute atomic E-state index is 0.0141. The molecule has 0 fully saturated rings. The van der Waals surface area contributed by atoms with Gasteiger partial charge in [-0.2, -0.15) is 0 Å². The van der Waals surface area contributed by atoms with E-state index in [1.165, 1.54) is 24.3 Å². The summed E-state index contributed by atoms with van der Waals surface area (Å²) in [6.07, 6.45) is 0.896. The van der Waals surface area contributed by atoms with Crippen molar-refractivity contribution >= 4 is 29.1 Å². The van der Waals surface area contributed by atoms with Crippen molar-refractivity contribution in [3.8, 4) is 5.75 Å². The van der Waals surface area contributed by atoms with Crippen molar-refractivity contribution in [3.63, 3.8) is 0 Å². The van der Waals surface area contributed by atoms with E-state index in [1.807, 2.05) is 30.3 Å². The Morgan fingerprint density at radius 2 is 1.62 bits per heavy atom. The Morgan fingerprint density at radius 1 is 0.958 bits per heavy atom. The fourth-order valence-corrected chi connectivity index (χ4v) is 2.09. The minimum atomic E-state index is -0.434. The molecule has 0 aliphatic heterocycles. The molecule has 0 heterocycles. The quantitative estimate of drug-likeness (QED) is 0.501. The fraction of sp³-hybridized carbons (Fsp3) is 0.118. The van der Waals surface area contributed by atoms with Crippen molar-refractivity contribution in [2.75, 3.05) is 0 Å². The first-order valence-electron chi connectivity index (χ1n) is 7.28. The molecule has 2 aromatic carbocycles. The van der Waals surface area contributed by atoms with Gasteiger partial charge in [0.05, 0.1) is 0 Å². The van der Waals surface area contributed by atoms with Crippen LogP contribution in [0.15, 0.2) is 54.6 Å². The highest BCUT2D eigenvalue weighted by molar-refractivity contribution is 7.80. The van der Waals surface area contributed by atoms with E-state index in [-0.39, 0.29) is 23.2 Å². The van der Waals surface area contributed by atoms with E-state index in [9.17, 15) is 14.7 Å². The lowest BCUT2D eigenvalue weighted by molar-refractivity contribution is -0.119. The Morgan fingerprint density at radius 3 is 2.29 bits per heavy atom. The number of hydrazine groups is 1. The largest absolute Gasteiger partial charge is 0.508 e. The molecular weight excluding hydrogens is 326 g/mol. The van der Waals surface area contributed by atoms with Gasteiger partial charge in [0.25, 0.3) is 5.91 Å². The molecule has 2 aromatic rings. The van der Waals surface area contributed by atoms with Gasteiger partial charge in [0.2, 0.25) is 5.91 Å². The number of thiocarbonyl (C=S) groups is 1. The second-order valence-corrected chi connectivity index (χ2v) is 5.40. The Bertz CT molecular complexity index is 718. The van der Waals surface area contributed by atoms with Gasteiger partial charge in [0.15, 0.2) is 5.11 Å². The molecule has 4 N–H and O–H groups in total. The van der Waals surface area contributed by atoms with Crippen molar-refractivity contribution in [1.82, 2.24) is 16.2 Å². The van der Waals surface area contributed by atoms with Crippen molar-refractivity contribution in [2.24, 2.45) is 0 Å².